The lowest BCUT2D eigenvalue weighted by molar-refractivity contribution is -0.148. The summed E-state index contributed by atoms with van der Waals surface area (Å²) in [6, 6.07) is 6.56. The van der Waals surface area contributed by atoms with Gasteiger partial charge in [0.15, 0.2) is 16.4 Å². The van der Waals surface area contributed by atoms with E-state index in [1.165, 1.54) is 0 Å². The zero-order chi connectivity index (χ0) is 20.7. The Morgan fingerprint density at radius 3 is 2.57 bits per heavy atom. The van der Waals surface area contributed by atoms with Gasteiger partial charge >= 0.3 is 5.97 Å². The van der Waals surface area contributed by atoms with Crippen LogP contribution in [0.4, 0.5) is 5.69 Å². The Labute approximate surface area is 164 Å². The van der Waals surface area contributed by atoms with E-state index in [-0.39, 0.29) is 29.8 Å². The number of carbonyl (C=O) groups excluding carboxylic acids is 3. The van der Waals surface area contributed by atoms with Crippen LogP contribution in [0.5, 0.6) is 0 Å². The van der Waals surface area contributed by atoms with E-state index in [0.29, 0.717) is 30.1 Å². The van der Waals surface area contributed by atoms with Crippen molar-refractivity contribution >= 4 is 33.3 Å². The van der Waals surface area contributed by atoms with Crippen LogP contribution >= 0.6 is 0 Å². The van der Waals surface area contributed by atoms with E-state index >= 15 is 0 Å². The van der Waals surface area contributed by atoms with Gasteiger partial charge in [-0.25, -0.2) is 8.42 Å². The van der Waals surface area contributed by atoms with E-state index < -0.39 is 28.3 Å². The molecule has 0 aromatic heterocycles. The van der Waals surface area contributed by atoms with Crippen LogP contribution in [-0.2, 0) is 24.2 Å². The van der Waals surface area contributed by atoms with Crippen LogP contribution in [0.2, 0.25) is 0 Å². The molecule has 0 spiro atoms. The number of para-hydroxylation sites is 1. The molecule has 0 radical (unpaired) electrons. The molecule has 0 bridgehead atoms. The lowest BCUT2D eigenvalue weighted by Gasteiger charge is -2.13. The van der Waals surface area contributed by atoms with Gasteiger partial charge in [0, 0.05) is 13.0 Å². The fourth-order valence-corrected chi connectivity index (χ4v) is 4.70. The second-order valence-corrected chi connectivity index (χ2v) is 9.56. The number of esters is 1. The van der Waals surface area contributed by atoms with Gasteiger partial charge in [-0.1, -0.05) is 26.0 Å². The fourth-order valence-electron chi connectivity index (χ4n) is 2.84. The summed E-state index contributed by atoms with van der Waals surface area (Å²) < 4.78 is 27.8. The summed E-state index contributed by atoms with van der Waals surface area (Å²) in [7, 11) is -3.06. The van der Waals surface area contributed by atoms with Gasteiger partial charge in [-0.15, -0.1) is 0 Å². The van der Waals surface area contributed by atoms with Crippen LogP contribution in [0.25, 0.3) is 0 Å². The molecule has 1 saturated heterocycles. The molecular formula is C19H26N2O6S. The van der Waals surface area contributed by atoms with E-state index in [0.717, 1.165) is 0 Å². The van der Waals surface area contributed by atoms with E-state index in [1.807, 2.05) is 13.8 Å². The Morgan fingerprint density at radius 2 is 1.93 bits per heavy atom. The predicted octanol–water partition coefficient (Wildman–Crippen LogP) is 1.38. The third kappa shape index (κ3) is 6.95. The normalized spacial score (nSPS) is 17.9. The molecule has 2 rings (SSSR count). The maximum absolute atomic E-state index is 12.3. The molecule has 0 unspecified atom stereocenters. The highest BCUT2D eigenvalue weighted by Gasteiger charge is 2.30. The van der Waals surface area contributed by atoms with Crippen LogP contribution in [-0.4, -0.2) is 50.9 Å². The Bertz CT molecular complexity index is 835. The van der Waals surface area contributed by atoms with Crippen molar-refractivity contribution in [1.82, 2.24) is 5.32 Å². The Kier molecular flexibility index (Phi) is 7.56. The molecule has 1 heterocycles. The van der Waals surface area contributed by atoms with E-state index in [1.54, 1.807) is 24.3 Å². The van der Waals surface area contributed by atoms with Crippen molar-refractivity contribution in [3.8, 4) is 0 Å². The summed E-state index contributed by atoms with van der Waals surface area (Å²) in [5.41, 5.74) is 0.644. The SMILES string of the molecule is CC(C)CNC(=O)c1ccccc1NC(=O)COC(=O)C[C@H]1CCS(=O)(=O)C1. The van der Waals surface area contributed by atoms with Crippen molar-refractivity contribution < 1.29 is 27.5 Å². The molecule has 0 saturated carbocycles. The summed E-state index contributed by atoms with van der Waals surface area (Å²) in [5.74, 6) is -1.39. The number of anilines is 1. The number of benzene rings is 1. The average Bonchev–Trinajstić information content (AvgIpc) is 2.96. The largest absolute Gasteiger partial charge is 0.456 e. The lowest BCUT2D eigenvalue weighted by atomic mass is 10.1. The minimum atomic E-state index is -3.06. The Morgan fingerprint density at radius 1 is 1.21 bits per heavy atom. The number of rotatable bonds is 8. The minimum absolute atomic E-state index is 0.0207. The standard InChI is InChI=1S/C19H26N2O6S/c1-13(2)10-20-19(24)15-5-3-4-6-16(15)21-17(22)11-27-18(23)9-14-7-8-28(25,26)12-14/h3-6,13-14H,7-12H2,1-2H3,(H,20,24)(H,21,22)/t14-/m1/s1. The van der Waals surface area contributed by atoms with Gasteiger partial charge in [0.2, 0.25) is 0 Å². The van der Waals surface area contributed by atoms with Crippen molar-refractivity contribution in [1.29, 1.82) is 0 Å². The van der Waals surface area contributed by atoms with E-state index in [4.69, 9.17) is 4.74 Å². The minimum Gasteiger partial charge on any atom is -0.456 e. The molecule has 1 fully saturated rings. The predicted molar refractivity (Wildman–Crippen MR) is 105 cm³/mol. The van der Waals surface area contributed by atoms with Crippen LogP contribution < -0.4 is 10.6 Å². The van der Waals surface area contributed by atoms with Gasteiger partial charge < -0.3 is 15.4 Å². The summed E-state index contributed by atoms with van der Waals surface area (Å²) in [6.07, 6.45) is 0.406. The molecule has 2 N–H and O–H groups in total. The average molecular weight is 410 g/mol. The topological polar surface area (TPSA) is 119 Å². The van der Waals surface area contributed by atoms with Gasteiger partial charge in [0.1, 0.15) is 0 Å². The number of nitrogens with one attached hydrogen (secondary N) is 2. The molecular weight excluding hydrogens is 384 g/mol. The van der Waals surface area contributed by atoms with Crippen molar-refractivity contribution in [3.05, 3.63) is 29.8 Å². The van der Waals surface area contributed by atoms with Crippen molar-refractivity contribution in [2.45, 2.75) is 26.7 Å². The quantitative estimate of drug-likeness (QED) is 0.625. The van der Waals surface area contributed by atoms with Crippen molar-refractivity contribution in [2.24, 2.45) is 11.8 Å². The summed E-state index contributed by atoms with van der Waals surface area (Å²) in [5, 5.41) is 5.35. The van der Waals surface area contributed by atoms with Crippen molar-refractivity contribution in [2.75, 3.05) is 30.0 Å². The van der Waals surface area contributed by atoms with Crippen LogP contribution in [0.1, 0.15) is 37.0 Å². The first-order chi connectivity index (χ1) is 13.2. The first-order valence-electron chi connectivity index (χ1n) is 9.19. The number of sulfone groups is 1. The third-order valence-corrected chi connectivity index (χ3v) is 6.10. The first-order valence-corrected chi connectivity index (χ1v) is 11.0. The lowest BCUT2D eigenvalue weighted by Crippen LogP contribution is -2.29. The summed E-state index contributed by atoms with van der Waals surface area (Å²) in [6.45, 7) is 3.96. The van der Waals surface area contributed by atoms with Gasteiger partial charge in [-0.05, 0) is 30.4 Å². The second kappa shape index (κ2) is 9.68. The highest BCUT2D eigenvalue weighted by atomic mass is 32.2. The molecule has 1 aliphatic rings. The monoisotopic (exact) mass is 410 g/mol. The van der Waals surface area contributed by atoms with Crippen LogP contribution in [0, 0.1) is 11.8 Å². The van der Waals surface area contributed by atoms with Gasteiger partial charge in [-0.3, -0.25) is 14.4 Å². The molecule has 154 valence electrons. The molecule has 1 aromatic carbocycles. The molecule has 1 aliphatic heterocycles. The van der Waals surface area contributed by atoms with Gasteiger partial charge in [0.25, 0.3) is 11.8 Å². The Balaban J connectivity index is 1.84. The third-order valence-electron chi connectivity index (χ3n) is 4.26. The zero-order valence-corrected chi connectivity index (χ0v) is 16.9. The number of amides is 2. The fraction of sp³-hybridized carbons (Fsp3) is 0.526. The van der Waals surface area contributed by atoms with E-state index in [9.17, 15) is 22.8 Å². The Hall–Kier alpha value is -2.42. The molecule has 28 heavy (non-hydrogen) atoms. The number of hydrogen-bond donors (Lipinski definition) is 2. The summed E-state index contributed by atoms with van der Waals surface area (Å²) in [4.78, 5) is 36.2. The zero-order valence-electron chi connectivity index (χ0n) is 16.1. The molecule has 1 atom stereocenters. The van der Waals surface area contributed by atoms with E-state index in [2.05, 4.69) is 10.6 Å². The molecule has 2 amide bonds. The van der Waals surface area contributed by atoms with Crippen LogP contribution in [0.15, 0.2) is 24.3 Å². The van der Waals surface area contributed by atoms with Gasteiger partial charge in [0.05, 0.1) is 22.8 Å². The number of ether oxygens (including phenoxy) is 1. The second-order valence-electron chi connectivity index (χ2n) is 7.33. The number of hydrogen-bond acceptors (Lipinski definition) is 6. The van der Waals surface area contributed by atoms with Crippen molar-refractivity contribution in [3.63, 3.8) is 0 Å². The molecule has 8 nitrogen and oxygen atoms in total. The van der Waals surface area contributed by atoms with Crippen LogP contribution in [0.3, 0.4) is 0 Å². The summed E-state index contributed by atoms with van der Waals surface area (Å²) >= 11 is 0. The first kappa shape index (κ1) is 21.9. The molecule has 1 aromatic rings. The van der Waals surface area contributed by atoms with Gasteiger partial charge in [-0.2, -0.15) is 0 Å². The number of carbonyl (C=O) groups is 3. The maximum atomic E-state index is 12.3. The highest BCUT2D eigenvalue weighted by molar-refractivity contribution is 7.91. The smallest absolute Gasteiger partial charge is 0.306 e. The highest BCUT2D eigenvalue weighted by Crippen LogP contribution is 2.22. The molecule has 0 aliphatic carbocycles. The maximum Gasteiger partial charge on any atom is 0.306 e. The molecule has 9 heteroatoms.